The number of halogens is 1. The molecule has 0 amide bonds. The number of aliphatic hydroxyl groups is 1. The van der Waals surface area contributed by atoms with Gasteiger partial charge in [-0.2, -0.15) is 0 Å². The Bertz CT molecular complexity index is 339. The van der Waals surface area contributed by atoms with Crippen LogP contribution in [0, 0.1) is 0 Å². The summed E-state index contributed by atoms with van der Waals surface area (Å²) in [4.78, 5) is 6.08. The summed E-state index contributed by atoms with van der Waals surface area (Å²) in [5.74, 6) is 0.742. The third kappa shape index (κ3) is 1.49. The fraction of sp³-hybridized carbons (Fsp3) is 0.125. The number of fused-ring (bicyclic) bond motifs is 1. The van der Waals surface area contributed by atoms with E-state index < -0.39 is 0 Å². The molecule has 0 unspecified atom stereocenters. The van der Waals surface area contributed by atoms with Crippen molar-refractivity contribution in [3.05, 3.63) is 30.1 Å². The molecule has 0 atom stereocenters. The second kappa shape index (κ2) is 3.69. The fourth-order valence-corrected chi connectivity index (χ4v) is 1.14. The number of hydrogen-bond acceptors (Lipinski definition) is 1. The molecular formula is C8H9BrN2O. The summed E-state index contributed by atoms with van der Waals surface area (Å²) in [6.07, 6.45) is 0. The molecule has 4 heteroatoms. The summed E-state index contributed by atoms with van der Waals surface area (Å²) < 4.78 is 0. The summed E-state index contributed by atoms with van der Waals surface area (Å²) in [6.45, 7) is 0.0225. The number of rotatable bonds is 1. The second-order valence-corrected chi connectivity index (χ2v) is 2.43. The van der Waals surface area contributed by atoms with E-state index in [9.17, 15) is 0 Å². The molecule has 0 bridgehead atoms. The quantitative estimate of drug-likeness (QED) is 0.557. The van der Waals surface area contributed by atoms with E-state index in [1.54, 1.807) is 0 Å². The van der Waals surface area contributed by atoms with Crippen LogP contribution in [0.3, 0.4) is 0 Å². The van der Waals surface area contributed by atoms with Crippen molar-refractivity contribution in [3.63, 3.8) is 0 Å². The summed E-state index contributed by atoms with van der Waals surface area (Å²) in [5.41, 5.74) is 2.05. The SMILES string of the molecule is OCc1[nH]c2ccccc2[nH+]1.[Br-]. The van der Waals surface area contributed by atoms with Crippen molar-refractivity contribution in [2.45, 2.75) is 6.61 Å². The number of aromatic nitrogens is 2. The molecule has 3 N–H and O–H groups in total. The van der Waals surface area contributed by atoms with Gasteiger partial charge in [-0.15, -0.1) is 0 Å². The highest BCUT2D eigenvalue weighted by Crippen LogP contribution is 2.05. The second-order valence-electron chi connectivity index (χ2n) is 2.43. The minimum absolute atomic E-state index is 0. The lowest BCUT2D eigenvalue weighted by molar-refractivity contribution is -0.363. The van der Waals surface area contributed by atoms with Crippen molar-refractivity contribution in [1.29, 1.82) is 0 Å². The first-order valence-corrected chi connectivity index (χ1v) is 3.50. The molecule has 1 heterocycles. The topological polar surface area (TPSA) is 50.2 Å². The maximum Gasteiger partial charge on any atom is 0.279 e. The largest absolute Gasteiger partial charge is 1.00 e. The van der Waals surface area contributed by atoms with Crippen LogP contribution in [0.1, 0.15) is 5.82 Å². The van der Waals surface area contributed by atoms with Gasteiger partial charge in [-0.05, 0) is 12.1 Å². The average molecular weight is 229 g/mol. The Hall–Kier alpha value is -0.870. The Morgan fingerprint density at radius 3 is 2.75 bits per heavy atom. The number of aromatic amines is 2. The Labute approximate surface area is 80.2 Å². The van der Waals surface area contributed by atoms with Crippen LogP contribution in [-0.2, 0) is 6.61 Å². The van der Waals surface area contributed by atoms with Crippen LogP contribution in [-0.4, -0.2) is 10.1 Å². The van der Waals surface area contributed by atoms with Crippen LogP contribution >= 0.6 is 0 Å². The van der Waals surface area contributed by atoms with Crippen molar-refractivity contribution < 1.29 is 27.1 Å². The van der Waals surface area contributed by atoms with Gasteiger partial charge >= 0.3 is 0 Å². The molecule has 12 heavy (non-hydrogen) atoms. The third-order valence-electron chi connectivity index (χ3n) is 1.66. The standard InChI is InChI=1S/C8H8N2O.BrH/c11-5-8-9-6-3-1-2-4-7(6)10-8;/h1-4,11H,5H2,(H,9,10);1H. The maximum absolute atomic E-state index is 8.78. The van der Waals surface area contributed by atoms with Gasteiger partial charge in [-0.25, -0.2) is 9.97 Å². The molecular weight excluding hydrogens is 220 g/mol. The lowest BCUT2D eigenvalue weighted by Gasteiger charge is -1.76. The van der Waals surface area contributed by atoms with E-state index in [4.69, 9.17) is 5.11 Å². The molecule has 0 saturated heterocycles. The van der Waals surface area contributed by atoms with Gasteiger partial charge in [0.15, 0.2) is 11.0 Å². The highest BCUT2D eigenvalue weighted by Gasteiger charge is 2.05. The number of nitrogens with one attached hydrogen (secondary N) is 2. The number of aliphatic hydroxyl groups excluding tert-OH is 1. The van der Waals surface area contributed by atoms with E-state index in [0.29, 0.717) is 0 Å². The van der Waals surface area contributed by atoms with Gasteiger partial charge in [-0.1, -0.05) is 12.1 Å². The summed E-state index contributed by atoms with van der Waals surface area (Å²) >= 11 is 0. The van der Waals surface area contributed by atoms with Crippen molar-refractivity contribution >= 4 is 11.0 Å². The van der Waals surface area contributed by atoms with Gasteiger partial charge in [0.2, 0.25) is 0 Å². The lowest BCUT2D eigenvalue weighted by atomic mass is 10.3. The zero-order chi connectivity index (χ0) is 7.68. The zero-order valence-corrected chi connectivity index (χ0v) is 7.93. The molecule has 0 aliphatic heterocycles. The van der Waals surface area contributed by atoms with Crippen LogP contribution in [0.5, 0.6) is 0 Å². The molecule has 0 aliphatic carbocycles. The summed E-state index contributed by atoms with van der Waals surface area (Å²) in [7, 11) is 0. The number of imidazole rings is 1. The molecule has 0 radical (unpaired) electrons. The number of hydrogen-bond donors (Lipinski definition) is 2. The summed E-state index contributed by atoms with van der Waals surface area (Å²) in [6, 6.07) is 7.83. The first-order chi connectivity index (χ1) is 5.40. The van der Waals surface area contributed by atoms with Crippen molar-refractivity contribution in [2.75, 3.05) is 0 Å². The van der Waals surface area contributed by atoms with Crippen LogP contribution in [0.25, 0.3) is 11.0 Å². The molecule has 2 aromatic rings. The molecule has 3 nitrogen and oxygen atoms in total. The predicted molar refractivity (Wildman–Crippen MR) is 40.8 cm³/mol. The van der Waals surface area contributed by atoms with Crippen LogP contribution < -0.4 is 22.0 Å². The van der Waals surface area contributed by atoms with Crippen LogP contribution in [0.4, 0.5) is 0 Å². The summed E-state index contributed by atoms with van der Waals surface area (Å²) in [5, 5.41) is 8.78. The first-order valence-electron chi connectivity index (χ1n) is 3.50. The molecule has 1 aromatic heterocycles. The van der Waals surface area contributed by atoms with E-state index >= 15 is 0 Å². The van der Waals surface area contributed by atoms with Crippen molar-refractivity contribution in [3.8, 4) is 0 Å². The molecule has 1 aromatic carbocycles. The Morgan fingerprint density at radius 1 is 1.33 bits per heavy atom. The molecule has 0 saturated carbocycles. The number of H-pyrrole nitrogens is 2. The molecule has 2 rings (SSSR count). The minimum atomic E-state index is 0. The van der Waals surface area contributed by atoms with Gasteiger partial charge in [-0.3, -0.25) is 0 Å². The van der Waals surface area contributed by atoms with Gasteiger partial charge in [0.05, 0.1) is 0 Å². The molecule has 0 spiro atoms. The fourth-order valence-electron chi connectivity index (χ4n) is 1.14. The Morgan fingerprint density at radius 2 is 2.08 bits per heavy atom. The number of benzene rings is 1. The molecule has 64 valence electrons. The van der Waals surface area contributed by atoms with Crippen molar-refractivity contribution in [2.24, 2.45) is 0 Å². The highest BCUT2D eigenvalue weighted by atomic mass is 79.9. The Balaban J connectivity index is 0.000000720. The van der Waals surface area contributed by atoms with E-state index in [-0.39, 0.29) is 23.6 Å². The number of para-hydroxylation sites is 2. The zero-order valence-electron chi connectivity index (χ0n) is 6.34. The van der Waals surface area contributed by atoms with Gasteiger partial charge < -0.3 is 22.1 Å². The maximum atomic E-state index is 8.78. The Kier molecular flexibility index (Phi) is 2.83. The lowest BCUT2D eigenvalue weighted by Crippen LogP contribution is -3.00. The van der Waals surface area contributed by atoms with E-state index in [1.807, 2.05) is 24.3 Å². The van der Waals surface area contributed by atoms with Crippen LogP contribution in [0.15, 0.2) is 24.3 Å². The van der Waals surface area contributed by atoms with Crippen LogP contribution in [0.2, 0.25) is 0 Å². The monoisotopic (exact) mass is 228 g/mol. The first kappa shape index (κ1) is 9.22. The smallest absolute Gasteiger partial charge is 0.279 e. The predicted octanol–water partition coefficient (Wildman–Crippen LogP) is -2.52. The average Bonchev–Trinajstić information content (AvgIpc) is 2.46. The van der Waals surface area contributed by atoms with Gasteiger partial charge in [0, 0.05) is 0 Å². The van der Waals surface area contributed by atoms with E-state index in [2.05, 4.69) is 9.97 Å². The molecule has 0 aliphatic rings. The molecule has 0 fully saturated rings. The van der Waals surface area contributed by atoms with Gasteiger partial charge in [0.1, 0.15) is 6.61 Å². The normalized spacial score (nSPS) is 9.75. The van der Waals surface area contributed by atoms with E-state index in [0.717, 1.165) is 16.9 Å². The third-order valence-corrected chi connectivity index (χ3v) is 1.66. The van der Waals surface area contributed by atoms with Crippen molar-refractivity contribution in [1.82, 2.24) is 4.98 Å². The van der Waals surface area contributed by atoms with E-state index in [1.165, 1.54) is 0 Å². The van der Waals surface area contributed by atoms with Gasteiger partial charge in [0.25, 0.3) is 5.82 Å². The minimum Gasteiger partial charge on any atom is -1.00 e. The highest BCUT2D eigenvalue weighted by molar-refractivity contribution is 5.70.